The molecule has 0 aromatic rings. The van der Waals surface area contributed by atoms with Gasteiger partial charge in [0, 0.05) is 0 Å². The average Bonchev–Trinajstić information content (AvgIpc) is 2.32. The van der Waals surface area contributed by atoms with Gasteiger partial charge in [-0.05, 0) is 49.9 Å². The largest absolute Gasteiger partial charge is 0.103 e. The molecule has 0 heterocycles. The second-order valence-electron chi connectivity index (χ2n) is 5.70. The van der Waals surface area contributed by atoms with Crippen LogP contribution in [0, 0.1) is 17.8 Å². The van der Waals surface area contributed by atoms with Gasteiger partial charge in [-0.25, -0.2) is 0 Å². The summed E-state index contributed by atoms with van der Waals surface area (Å²) in [5.74, 6) is 3.16. The highest BCUT2D eigenvalue weighted by atomic mass is 14.3. The molecule has 0 aromatic heterocycles. The molecule has 0 bridgehead atoms. The molecule has 0 N–H and O–H groups in total. The lowest BCUT2D eigenvalue weighted by atomic mass is 9.70. The van der Waals surface area contributed by atoms with Crippen LogP contribution in [0.1, 0.15) is 64.2 Å². The highest BCUT2D eigenvalue weighted by Crippen LogP contribution is 2.40. The van der Waals surface area contributed by atoms with Crippen LogP contribution in [-0.4, -0.2) is 0 Å². The van der Waals surface area contributed by atoms with Crippen LogP contribution in [0.15, 0.2) is 12.7 Å². The summed E-state index contributed by atoms with van der Waals surface area (Å²) in [6.07, 6.45) is 17.0. The third kappa shape index (κ3) is 3.09. The maximum atomic E-state index is 3.86. The van der Waals surface area contributed by atoms with Crippen molar-refractivity contribution in [3.05, 3.63) is 12.7 Å². The van der Waals surface area contributed by atoms with E-state index in [1.165, 1.54) is 64.2 Å². The minimum atomic E-state index is 0.974. The predicted molar refractivity (Wildman–Crippen MR) is 66.8 cm³/mol. The van der Waals surface area contributed by atoms with Crippen LogP contribution in [0.3, 0.4) is 0 Å². The first kappa shape index (κ1) is 11.2. The SMILES string of the molecule is C=CCC1CCC(C2CCCCC2)CC1. The van der Waals surface area contributed by atoms with E-state index in [1.807, 2.05) is 0 Å². The van der Waals surface area contributed by atoms with Gasteiger partial charge < -0.3 is 0 Å². The number of hydrogen-bond donors (Lipinski definition) is 0. The Morgan fingerprint density at radius 3 is 2.00 bits per heavy atom. The van der Waals surface area contributed by atoms with Gasteiger partial charge in [-0.2, -0.15) is 0 Å². The van der Waals surface area contributed by atoms with E-state index in [0.29, 0.717) is 0 Å². The van der Waals surface area contributed by atoms with Gasteiger partial charge in [0.05, 0.1) is 0 Å². The van der Waals surface area contributed by atoms with Crippen molar-refractivity contribution in [2.75, 3.05) is 0 Å². The molecule has 0 spiro atoms. The van der Waals surface area contributed by atoms with Gasteiger partial charge in [0.25, 0.3) is 0 Å². The fourth-order valence-corrected chi connectivity index (χ4v) is 3.74. The quantitative estimate of drug-likeness (QED) is 0.573. The van der Waals surface area contributed by atoms with E-state index < -0.39 is 0 Å². The lowest BCUT2D eigenvalue weighted by Gasteiger charge is -2.35. The summed E-state index contributed by atoms with van der Waals surface area (Å²) in [6.45, 7) is 3.86. The molecule has 0 saturated heterocycles. The second-order valence-corrected chi connectivity index (χ2v) is 5.70. The Bertz CT molecular complexity index is 180. The molecule has 0 aromatic carbocycles. The molecule has 0 aliphatic heterocycles. The van der Waals surface area contributed by atoms with Crippen LogP contribution in [0.25, 0.3) is 0 Å². The topological polar surface area (TPSA) is 0 Å². The molecule has 2 aliphatic rings. The van der Waals surface area contributed by atoms with Gasteiger partial charge in [-0.3, -0.25) is 0 Å². The average molecular weight is 206 g/mol. The van der Waals surface area contributed by atoms with Gasteiger partial charge in [0.15, 0.2) is 0 Å². The Morgan fingerprint density at radius 1 is 0.800 bits per heavy atom. The van der Waals surface area contributed by atoms with Gasteiger partial charge in [-0.15, -0.1) is 6.58 Å². The van der Waals surface area contributed by atoms with E-state index in [-0.39, 0.29) is 0 Å². The fraction of sp³-hybridized carbons (Fsp3) is 0.867. The van der Waals surface area contributed by atoms with Crippen LogP contribution in [-0.2, 0) is 0 Å². The minimum absolute atomic E-state index is 0.974. The number of hydrogen-bond acceptors (Lipinski definition) is 0. The molecule has 2 saturated carbocycles. The smallest absolute Gasteiger partial charge is 0.0325 e. The molecule has 0 unspecified atom stereocenters. The normalized spacial score (nSPS) is 33.9. The van der Waals surface area contributed by atoms with Crippen molar-refractivity contribution in [3.63, 3.8) is 0 Å². The predicted octanol–water partition coefficient (Wildman–Crippen LogP) is 4.95. The van der Waals surface area contributed by atoms with Gasteiger partial charge in [-0.1, -0.05) is 38.2 Å². The van der Waals surface area contributed by atoms with Crippen molar-refractivity contribution >= 4 is 0 Å². The zero-order valence-corrected chi connectivity index (χ0v) is 10.1. The number of rotatable bonds is 3. The maximum Gasteiger partial charge on any atom is -0.0325 e. The monoisotopic (exact) mass is 206 g/mol. The molecule has 0 heteroatoms. The van der Waals surface area contributed by atoms with E-state index in [0.717, 1.165) is 17.8 Å². The minimum Gasteiger partial charge on any atom is -0.103 e. The van der Waals surface area contributed by atoms with E-state index in [2.05, 4.69) is 12.7 Å². The molecule has 2 rings (SSSR count). The maximum absolute atomic E-state index is 3.86. The summed E-state index contributed by atoms with van der Waals surface area (Å²) >= 11 is 0. The van der Waals surface area contributed by atoms with Crippen molar-refractivity contribution in [1.29, 1.82) is 0 Å². The molecule has 2 aliphatic carbocycles. The summed E-state index contributed by atoms with van der Waals surface area (Å²) in [4.78, 5) is 0. The van der Waals surface area contributed by atoms with E-state index in [1.54, 1.807) is 0 Å². The van der Waals surface area contributed by atoms with Gasteiger partial charge in [0.2, 0.25) is 0 Å². The molecule has 0 amide bonds. The van der Waals surface area contributed by atoms with Crippen LogP contribution >= 0.6 is 0 Å². The second kappa shape index (κ2) is 5.72. The molecule has 2 fully saturated rings. The highest BCUT2D eigenvalue weighted by molar-refractivity contribution is 4.82. The van der Waals surface area contributed by atoms with Crippen LogP contribution < -0.4 is 0 Å². The summed E-state index contributed by atoms with van der Waals surface area (Å²) in [7, 11) is 0. The van der Waals surface area contributed by atoms with Crippen molar-refractivity contribution in [2.45, 2.75) is 64.2 Å². The van der Waals surface area contributed by atoms with Crippen molar-refractivity contribution < 1.29 is 0 Å². The van der Waals surface area contributed by atoms with Crippen LogP contribution in [0.2, 0.25) is 0 Å². The molecule has 0 radical (unpaired) electrons. The molecular formula is C15H26. The lowest BCUT2D eigenvalue weighted by molar-refractivity contribution is 0.168. The Hall–Kier alpha value is -0.260. The first-order valence-electron chi connectivity index (χ1n) is 7.01. The zero-order valence-electron chi connectivity index (χ0n) is 10.1. The summed E-state index contributed by atoms with van der Waals surface area (Å²) in [5.41, 5.74) is 0. The van der Waals surface area contributed by atoms with Crippen molar-refractivity contribution in [3.8, 4) is 0 Å². The fourth-order valence-electron chi connectivity index (χ4n) is 3.74. The van der Waals surface area contributed by atoms with E-state index in [4.69, 9.17) is 0 Å². The van der Waals surface area contributed by atoms with Crippen molar-refractivity contribution in [1.82, 2.24) is 0 Å². The first-order chi connectivity index (χ1) is 7.40. The third-order valence-corrected chi connectivity index (χ3v) is 4.71. The molecule has 15 heavy (non-hydrogen) atoms. The van der Waals surface area contributed by atoms with E-state index in [9.17, 15) is 0 Å². The Kier molecular flexibility index (Phi) is 4.29. The number of allylic oxidation sites excluding steroid dienone is 1. The summed E-state index contributed by atoms with van der Waals surface area (Å²) < 4.78 is 0. The van der Waals surface area contributed by atoms with Crippen molar-refractivity contribution in [2.24, 2.45) is 17.8 Å². The molecule has 0 atom stereocenters. The van der Waals surface area contributed by atoms with Crippen LogP contribution in [0.5, 0.6) is 0 Å². The zero-order chi connectivity index (χ0) is 10.5. The highest BCUT2D eigenvalue weighted by Gasteiger charge is 2.27. The van der Waals surface area contributed by atoms with Gasteiger partial charge in [0.1, 0.15) is 0 Å². The molecule has 0 nitrogen and oxygen atoms in total. The Labute approximate surface area is 95.1 Å². The Morgan fingerprint density at radius 2 is 1.40 bits per heavy atom. The first-order valence-corrected chi connectivity index (χ1v) is 7.01. The molecule has 86 valence electrons. The summed E-state index contributed by atoms with van der Waals surface area (Å²) in [6, 6.07) is 0. The lowest BCUT2D eigenvalue weighted by Crippen LogP contribution is -2.23. The standard InChI is InChI=1S/C15H26/c1-2-6-13-9-11-15(12-10-13)14-7-4-3-5-8-14/h2,13-15H,1,3-12H2. The Balaban J connectivity index is 1.74. The van der Waals surface area contributed by atoms with Crippen LogP contribution in [0.4, 0.5) is 0 Å². The van der Waals surface area contributed by atoms with Gasteiger partial charge >= 0.3 is 0 Å². The third-order valence-electron chi connectivity index (χ3n) is 4.71. The molecular weight excluding hydrogens is 180 g/mol. The van der Waals surface area contributed by atoms with E-state index >= 15 is 0 Å². The summed E-state index contributed by atoms with van der Waals surface area (Å²) in [5, 5.41) is 0.